The van der Waals surface area contributed by atoms with Gasteiger partial charge in [-0.05, 0) is 43.1 Å². The Labute approximate surface area is 133 Å². The summed E-state index contributed by atoms with van der Waals surface area (Å²) in [6, 6.07) is 10.9. The van der Waals surface area contributed by atoms with Crippen molar-refractivity contribution in [1.82, 2.24) is 0 Å². The number of hydrogen-bond donors (Lipinski definition) is 0. The molecule has 1 aromatic carbocycles. The Bertz CT molecular complexity index is 536. The Morgan fingerprint density at radius 1 is 0.955 bits per heavy atom. The Kier molecular flexibility index (Phi) is 3.83. The van der Waals surface area contributed by atoms with Crippen molar-refractivity contribution in [3.05, 3.63) is 47.5 Å². The second-order valence-electron chi connectivity index (χ2n) is 7.16. The average molecular weight is 298 g/mol. The van der Waals surface area contributed by atoms with Gasteiger partial charge in [0.25, 0.3) is 0 Å². The first kappa shape index (κ1) is 14.5. The minimum atomic E-state index is -0.270. The van der Waals surface area contributed by atoms with Crippen LogP contribution in [0.5, 0.6) is 0 Å². The van der Waals surface area contributed by atoms with Crippen LogP contribution in [-0.2, 0) is 15.9 Å². The molecule has 1 saturated heterocycles. The van der Waals surface area contributed by atoms with E-state index in [1.54, 1.807) is 5.57 Å². The van der Waals surface area contributed by atoms with Gasteiger partial charge < -0.3 is 9.47 Å². The van der Waals surface area contributed by atoms with Crippen molar-refractivity contribution >= 4 is 0 Å². The molecular formula is C20H26O2. The maximum absolute atomic E-state index is 5.86. The summed E-state index contributed by atoms with van der Waals surface area (Å²) in [6.45, 7) is 1.53. The zero-order valence-corrected chi connectivity index (χ0v) is 13.4. The number of benzene rings is 1. The summed E-state index contributed by atoms with van der Waals surface area (Å²) in [6.07, 6.45) is 12.3. The van der Waals surface area contributed by atoms with E-state index in [1.165, 1.54) is 37.7 Å². The molecule has 2 heteroatoms. The van der Waals surface area contributed by atoms with Crippen LogP contribution in [0.3, 0.4) is 0 Å². The van der Waals surface area contributed by atoms with Gasteiger partial charge in [-0.15, -0.1) is 0 Å². The molecule has 0 unspecified atom stereocenters. The van der Waals surface area contributed by atoms with E-state index >= 15 is 0 Å². The molecule has 0 bridgehead atoms. The molecule has 0 N–H and O–H groups in total. The first-order chi connectivity index (χ1) is 10.8. The molecule has 1 saturated carbocycles. The highest BCUT2D eigenvalue weighted by molar-refractivity contribution is 5.23. The lowest BCUT2D eigenvalue weighted by molar-refractivity contribution is -0.162. The highest BCUT2D eigenvalue weighted by atomic mass is 16.7. The molecule has 1 aliphatic heterocycles. The molecule has 3 aliphatic rings. The predicted octanol–water partition coefficient (Wildman–Crippen LogP) is 4.64. The second kappa shape index (κ2) is 5.82. The number of allylic oxidation sites excluding steroid dienone is 1. The first-order valence-corrected chi connectivity index (χ1v) is 8.82. The number of hydrogen-bond acceptors (Lipinski definition) is 2. The van der Waals surface area contributed by atoms with Crippen molar-refractivity contribution in [2.24, 2.45) is 5.41 Å². The average Bonchev–Trinajstić information content (AvgIpc) is 2.97. The molecule has 2 aliphatic carbocycles. The molecule has 0 radical (unpaired) electrons. The molecule has 1 heterocycles. The third kappa shape index (κ3) is 2.63. The van der Waals surface area contributed by atoms with E-state index in [1.807, 2.05) is 0 Å². The van der Waals surface area contributed by atoms with Gasteiger partial charge in [-0.2, -0.15) is 0 Å². The number of aryl methyl sites for hydroxylation is 1. The smallest absolute Gasteiger partial charge is 0.172 e. The molecule has 0 amide bonds. The van der Waals surface area contributed by atoms with Crippen LogP contribution in [0.15, 0.2) is 42.0 Å². The fraction of sp³-hybridized carbons (Fsp3) is 0.600. The van der Waals surface area contributed by atoms with Crippen molar-refractivity contribution in [3.63, 3.8) is 0 Å². The summed E-state index contributed by atoms with van der Waals surface area (Å²) in [4.78, 5) is 0. The quantitative estimate of drug-likeness (QED) is 0.754. The monoisotopic (exact) mass is 298 g/mol. The molecule has 1 spiro atoms. The topological polar surface area (TPSA) is 18.5 Å². The van der Waals surface area contributed by atoms with Gasteiger partial charge in [-0.3, -0.25) is 0 Å². The number of ether oxygens (including phenoxy) is 2. The van der Waals surface area contributed by atoms with Crippen LogP contribution >= 0.6 is 0 Å². The summed E-state index contributed by atoms with van der Waals surface area (Å²) >= 11 is 0. The normalized spacial score (nSPS) is 25.7. The summed E-state index contributed by atoms with van der Waals surface area (Å²) in [5, 5.41) is 0. The van der Waals surface area contributed by atoms with E-state index in [0.29, 0.717) is 5.41 Å². The van der Waals surface area contributed by atoms with E-state index in [-0.39, 0.29) is 5.79 Å². The molecule has 2 nitrogen and oxygen atoms in total. The Morgan fingerprint density at radius 2 is 1.73 bits per heavy atom. The van der Waals surface area contributed by atoms with Crippen LogP contribution < -0.4 is 0 Å². The van der Waals surface area contributed by atoms with E-state index < -0.39 is 0 Å². The van der Waals surface area contributed by atoms with E-state index in [9.17, 15) is 0 Å². The highest BCUT2D eigenvalue weighted by Gasteiger charge is 2.44. The Morgan fingerprint density at radius 3 is 2.32 bits per heavy atom. The van der Waals surface area contributed by atoms with Crippen LogP contribution in [0.4, 0.5) is 0 Å². The minimum Gasteiger partial charge on any atom is -0.347 e. The Hall–Kier alpha value is -1.12. The molecule has 4 rings (SSSR count). The summed E-state index contributed by atoms with van der Waals surface area (Å²) < 4.78 is 11.7. The third-order valence-electron chi connectivity index (χ3n) is 5.98. The maximum atomic E-state index is 5.86. The molecular weight excluding hydrogens is 272 g/mol. The van der Waals surface area contributed by atoms with Gasteiger partial charge in [0.2, 0.25) is 0 Å². The molecule has 1 aromatic rings. The largest absolute Gasteiger partial charge is 0.347 e. The lowest BCUT2D eigenvalue weighted by Gasteiger charge is -2.47. The highest BCUT2D eigenvalue weighted by Crippen LogP contribution is 2.54. The maximum Gasteiger partial charge on any atom is 0.172 e. The zero-order chi connectivity index (χ0) is 14.9. The van der Waals surface area contributed by atoms with Gasteiger partial charge in [0.15, 0.2) is 5.79 Å². The number of rotatable bonds is 4. The fourth-order valence-electron chi connectivity index (χ4n) is 4.41. The van der Waals surface area contributed by atoms with Crippen LogP contribution in [-0.4, -0.2) is 19.0 Å². The zero-order valence-electron chi connectivity index (χ0n) is 13.4. The minimum absolute atomic E-state index is 0.270. The SMILES string of the molecule is C1=C(C2(CCc3ccccc3)CCC2)CCC2(C1)OCCO2. The van der Waals surface area contributed by atoms with Gasteiger partial charge in [-0.25, -0.2) is 0 Å². The lowest BCUT2D eigenvalue weighted by atomic mass is 9.59. The van der Waals surface area contributed by atoms with Gasteiger partial charge in [0.05, 0.1) is 13.2 Å². The van der Waals surface area contributed by atoms with Crippen LogP contribution in [0.25, 0.3) is 0 Å². The second-order valence-corrected chi connectivity index (χ2v) is 7.16. The predicted molar refractivity (Wildman–Crippen MR) is 87.6 cm³/mol. The summed E-state index contributed by atoms with van der Waals surface area (Å²) in [5.41, 5.74) is 3.65. The van der Waals surface area contributed by atoms with Crippen LogP contribution in [0, 0.1) is 5.41 Å². The van der Waals surface area contributed by atoms with Crippen molar-refractivity contribution in [3.8, 4) is 0 Å². The standard InChI is InChI=1S/C20H26O2/c1-2-5-17(6-3-1)7-12-19(10-4-11-19)18-8-13-20(14-9-18)21-15-16-22-20/h1-3,5-6,8H,4,7,9-16H2. The molecule has 22 heavy (non-hydrogen) atoms. The van der Waals surface area contributed by atoms with E-state index in [4.69, 9.17) is 9.47 Å². The molecule has 0 aromatic heterocycles. The summed E-state index contributed by atoms with van der Waals surface area (Å²) in [5.74, 6) is -0.270. The fourth-order valence-corrected chi connectivity index (χ4v) is 4.41. The third-order valence-corrected chi connectivity index (χ3v) is 5.98. The van der Waals surface area contributed by atoms with Gasteiger partial charge in [0.1, 0.15) is 0 Å². The van der Waals surface area contributed by atoms with Crippen molar-refractivity contribution < 1.29 is 9.47 Å². The van der Waals surface area contributed by atoms with E-state index in [0.717, 1.165) is 32.5 Å². The molecule has 2 fully saturated rings. The van der Waals surface area contributed by atoms with Gasteiger partial charge in [0, 0.05) is 12.8 Å². The molecule has 0 atom stereocenters. The Balaban J connectivity index is 1.44. The van der Waals surface area contributed by atoms with Crippen LogP contribution in [0.2, 0.25) is 0 Å². The van der Waals surface area contributed by atoms with Gasteiger partial charge in [-0.1, -0.05) is 48.4 Å². The van der Waals surface area contributed by atoms with Crippen molar-refractivity contribution in [1.29, 1.82) is 0 Å². The van der Waals surface area contributed by atoms with Gasteiger partial charge >= 0.3 is 0 Å². The lowest BCUT2D eigenvalue weighted by Crippen LogP contribution is -2.38. The first-order valence-electron chi connectivity index (χ1n) is 8.82. The van der Waals surface area contributed by atoms with E-state index in [2.05, 4.69) is 36.4 Å². The van der Waals surface area contributed by atoms with Crippen LogP contribution in [0.1, 0.15) is 50.5 Å². The molecule has 118 valence electrons. The summed E-state index contributed by atoms with van der Waals surface area (Å²) in [7, 11) is 0. The van der Waals surface area contributed by atoms with Crippen molar-refractivity contribution in [2.75, 3.05) is 13.2 Å². The van der Waals surface area contributed by atoms with Crippen molar-refractivity contribution in [2.45, 2.75) is 57.2 Å².